The van der Waals surface area contributed by atoms with Gasteiger partial charge in [0.2, 0.25) is 0 Å². The molecular formula is C18H25NO. The fourth-order valence-electron chi connectivity index (χ4n) is 3.00. The summed E-state index contributed by atoms with van der Waals surface area (Å²) in [5.74, 6) is 2.04. The van der Waals surface area contributed by atoms with Crippen molar-refractivity contribution in [3.8, 4) is 0 Å². The van der Waals surface area contributed by atoms with Crippen LogP contribution in [0.3, 0.4) is 0 Å². The molecule has 2 aromatic rings. The molecule has 0 spiro atoms. The first kappa shape index (κ1) is 14.9. The third kappa shape index (κ3) is 2.80. The van der Waals surface area contributed by atoms with Crippen LogP contribution in [0.1, 0.15) is 52.3 Å². The van der Waals surface area contributed by atoms with E-state index in [1.807, 2.05) is 6.92 Å². The molecule has 0 radical (unpaired) electrons. The Labute approximate surface area is 122 Å². The number of furan rings is 1. The third-order valence-electron chi connectivity index (χ3n) is 3.89. The summed E-state index contributed by atoms with van der Waals surface area (Å²) in [4.78, 5) is 0. The van der Waals surface area contributed by atoms with E-state index in [0.717, 1.165) is 18.1 Å². The standard InChI is InChI=1S/C18H25NO/c1-7-19-18(16-9-11(2)8-12(3)10-16)17-13(4)14(5)20-15(17)6/h8-10,18-19H,7H2,1-6H3. The van der Waals surface area contributed by atoms with Crippen molar-refractivity contribution in [2.45, 2.75) is 47.6 Å². The third-order valence-corrected chi connectivity index (χ3v) is 3.89. The lowest BCUT2D eigenvalue weighted by Crippen LogP contribution is -2.23. The SMILES string of the molecule is CCNC(c1cc(C)cc(C)c1)c1c(C)oc(C)c1C. The van der Waals surface area contributed by atoms with E-state index in [9.17, 15) is 0 Å². The molecule has 0 aliphatic rings. The van der Waals surface area contributed by atoms with Crippen LogP contribution in [0.5, 0.6) is 0 Å². The maximum absolute atomic E-state index is 5.81. The number of hydrogen-bond acceptors (Lipinski definition) is 2. The van der Waals surface area contributed by atoms with Crippen LogP contribution >= 0.6 is 0 Å². The highest BCUT2D eigenvalue weighted by atomic mass is 16.3. The first-order chi connectivity index (χ1) is 9.43. The van der Waals surface area contributed by atoms with Gasteiger partial charge in [-0.05, 0) is 52.3 Å². The van der Waals surface area contributed by atoms with Crippen molar-refractivity contribution in [1.82, 2.24) is 5.32 Å². The zero-order valence-corrected chi connectivity index (χ0v) is 13.4. The van der Waals surface area contributed by atoms with Crippen LogP contribution in [0.15, 0.2) is 22.6 Å². The van der Waals surface area contributed by atoms with E-state index >= 15 is 0 Å². The molecule has 0 bridgehead atoms. The van der Waals surface area contributed by atoms with Gasteiger partial charge in [0.15, 0.2) is 0 Å². The Hall–Kier alpha value is -1.54. The second kappa shape index (κ2) is 5.84. The van der Waals surface area contributed by atoms with Gasteiger partial charge in [-0.3, -0.25) is 0 Å². The van der Waals surface area contributed by atoms with Crippen molar-refractivity contribution in [3.63, 3.8) is 0 Å². The van der Waals surface area contributed by atoms with Crippen LogP contribution < -0.4 is 5.32 Å². The summed E-state index contributed by atoms with van der Waals surface area (Å²) in [6, 6.07) is 6.95. The van der Waals surface area contributed by atoms with Gasteiger partial charge in [-0.25, -0.2) is 0 Å². The molecule has 1 aromatic heterocycles. The van der Waals surface area contributed by atoms with Gasteiger partial charge in [-0.2, -0.15) is 0 Å². The van der Waals surface area contributed by atoms with Gasteiger partial charge in [0.05, 0.1) is 6.04 Å². The number of hydrogen-bond donors (Lipinski definition) is 1. The normalized spacial score (nSPS) is 12.7. The predicted octanol–water partition coefficient (Wildman–Crippen LogP) is 4.52. The van der Waals surface area contributed by atoms with Crippen molar-refractivity contribution in [1.29, 1.82) is 0 Å². The number of aryl methyl sites for hydroxylation is 4. The predicted molar refractivity (Wildman–Crippen MR) is 84.4 cm³/mol. The average molecular weight is 271 g/mol. The van der Waals surface area contributed by atoms with E-state index in [1.54, 1.807) is 0 Å². The van der Waals surface area contributed by atoms with Crippen LogP contribution in [-0.2, 0) is 0 Å². The lowest BCUT2D eigenvalue weighted by molar-refractivity contribution is 0.494. The Kier molecular flexibility index (Phi) is 4.34. The first-order valence-corrected chi connectivity index (χ1v) is 7.32. The highest BCUT2D eigenvalue weighted by Crippen LogP contribution is 2.32. The molecule has 1 N–H and O–H groups in total. The van der Waals surface area contributed by atoms with Crippen LogP contribution in [-0.4, -0.2) is 6.54 Å². The van der Waals surface area contributed by atoms with E-state index in [4.69, 9.17) is 4.42 Å². The minimum absolute atomic E-state index is 0.205. The lowest BCUT2D eigenvalue weighted by atomic mass is 9.93. The lowest BCUT2D eigenvalue weighted by Gasteiger charge is -2.20. The molecule has 1 heterocycles. The fourth-order valence-corrected chi connectivity index (χ4v) is 3.00. The Morgan fingerprint density at radius 1 is 0.950 bits per heavy atom. The van der Waals surface area contributed by atoms with E-state index in [2.05, 4.69) is 58.1 Å². The molecule has 108 valence electrons. The van der Waals surface area contributed by atoms with Gasteiger partial charge >= 0.3 is 0 Å². The zero-order chi connectivity index (χ0) is 14.9. The number of rotatable bonds is 4. The van der Waals surface area contributed by atoms with Crippen molar-refractivity contribution in [2.75, 3.05) is 6.54 Å². The molecule has 0 aliphatic carbocycles. The van der Waals surface area contributed by atoms with Crippen molar-refractivity contribution in [2.24, 2.45) is 0 Å². The summed E-state index contributed by atoms with van der Waals surface area (Å²) in [7, 11) is 0. The average Bonchev–Trinajstić information content (AvgIpc) is 2.60. The van der Waals surface area contributed by atoms with Gasteiger partial charge in [-0.1, -0.05) is 36.2 Å². The quantitative estimate of drug-likeness (QED) is 0.884. The number of benzene rings is 1. The Bertz CT molecular complexity index is 590. The van der Waals surface area contributed by atoms with Gasteiger partial charge in [0.25, 0.3) is 0 Å². The molecular weight excluding hydrogens is 246 g/mol. The van der Waals surface area contributed by atoms with Gasteiger partial charge in [0.1, 0.15) is 11.5 Å². The second-order valence-electron chi connectivity index (χ2n) is 5.66. The molecule has 2 heteroatoms. The minimum atomic E-state index is 0.205. The monoisotopic (exact) mass is 271 g/mol. The van der Waals surface area contributed by atoms with Crippen LogP contribution in [0, 0.1) is 34.6 Å². The topological polar surface area (TPSA) is 25.2 Å². The Balaban J connectivity index is 2.55. The summed E-state index contributed by atoms with van der Waals surface area (Å²) >= 11 is 0. The molecule has 0 saturated heterocycles. The van der Waals surface area contributed by atoms with Gasteiger partial charge in [0, 0.05) is 5.56 Å². The van der Waals surface area contributed by atoms with Crippen LogP contribution in [0.25, 0.3) is 0 Å². The summed E-state index contributed by atoms with van der Waals surface area (Å²) in [5, 5.41) is 3.60. The van der Waals surface area contributed by atoms with E-state index in [-0.39, 0.29) is 6.04 Å². The maximum atomic E-state index is 5.81. The first-order valence-electron chi connectivity index (χ1n) is 7.32. The maximum Gasteiger partial charge on any atom is 0.106 e. The van der Waals surface area contributed by atoms with Crippen LogP contribution in [0.2, 0.25) is 0 Å². The highest BCUT2D eigenvalue weighted by molar-refractivity contribution is 5.42. The molecule has 2 rings (SSSR count). The summed E-state index contributed by atoms with van der Waals surface area (Å²) < 4.78 is 5.81. The molecule has 0 fully saturated rings. The molecule has 1 unspecified atom stereocenters. The van der Waals surface area contributed by atoms with Crippen molar-refractivity contribution < 1.29 is 4.42 Å². The number of nitrogens with one attached hydrogen (secondary N) is 1. The molecule has 0 aliphatic heterocycles. The zero-order valence-electron chi connectivity index (χ0n) is 13.4. The van der Waals surface area contributed by atoms with E-state index < -0.39 is 0 Å². The Morgan fingerprint density at radius 2 is 1.55 bits per heavy atom. The minimum Gasteiger partial charge on any atom is -0.466 e. The molecule has 20 heavy (non-hydrogen) atoms. The van der Waals surface area contributed by atoms with Crippen molar-refractivity contribution in [3.05, 3.63) is 57.5 Å². The molecule has 1 atom stereocenters. The summed E-state index contributed by atoms with van der Waals surface area (Å²) in [6.07, 6.45) is 0. The molecule has 2 nitrogen and oxygen atoms in total. The van der Waals surface area contributed by atoms with Gasteiger partial charge in [-0.15, -0.1) is 0 Å². The summed E-state index contributed by atoms with van der Waals surface area (Å²) in [6.45, 7) is 13.6. The van der Waals surface area contributed by atoms with Crippen LogP contribution in [0.4, 0.5) is 0 Å². The van der Waals surface area contributed by atoms with E-state index in [0.29, 0.717) is 0 Å². The largest absolute Gasteiger partial charge is 0.466 e. The fraction of sp³-hybridized carbons (Fsp3) is 0.444. The van der Waals surface area contributed by atoms with E-state index in [1.165, 1.54) is 27.8 Å². The second-order valence-corrected chi connectivity index (χ2v) is 5.66. The highest BCUT2D eigenvalue weighted by Gasteiger charge is 2.22. The smallest absolute Gasteiger partial charge is 0.106 e. The molecule has 0 amide bonds. The Morgan fingerprint density at radius 3 is 2.00 bits per heavy atom. The molecule has 1 aromatic carbocycles. The van der Waals surface area contributed by atoms with Gasteiger partial charge < -0.3 is 9.73 Å². The van der Waals surface area contributed by atoms with Crippen molar-refractivity contribution >= 4 is 0 Å². The summed E-state index contributed by atoms with van der Waals surface area (Å²) in [5.41, 5.74) is 6.47. The molecule has 0 saturated carbocycles.